The maximum Gasteiger partial charge on any atom is 0.335 e. The van der Waals surface area contributed by atoms with Crippen molar-refractivity contribution in [3.05, 3.63) is 112 Å². The minimum atomic E-state index is -1.07. The Morgan fingerprint density at radius 1 is 1.00 bits per heavy atom. The van der Waals surface area contributed by atoms with Crippen molar-refractivity contribution in [1.29, 1.82) is 5.26 Å². The van der Waals surface area contributed by atoms with E-state index >= 15 is 8.78 Å². The van der Waals surface area contributed by atoms with E-state index in [1.807, 2.05) is 10.6 Å². The third-order valence-electron chi connectivity index (χ3n) is 7.26. The standard InChI is InChI=1S/C32H23F3N4O4/c33-24-8-18(13-36)4-5-21(24)17-43-31-3-1-2-27(38-31)23-12-25(34)22(9-26(23)35)11-30-37-28-7-6-20(32(40)41)10-29(28)39(30)14-19-15-42-16-19/h1-10,12,19H,11,14-17H2,(H,40,41). The van der Waals surface area contributed by atoms with Gasteiger partial charge in [-0.05, 0) is 54.1 Å². The summed E-state index contributed by atoms with van der Waals surface area (Å²) in [6, 6.07) is 17.2. The number of benzene rings is 3. The Bertz CT molecular complexity index is 1910. The van der Waals surface area contributed by atoms with Gasteiger partial charge in [0, 0.05) is 36.1 Å². The predicted molar refractivity (Wildman–Crippen MR) is 149 cm³/mol. The molecule has 3 aromatic carbocycles. The largest absolute Gasteiger partial charge is 0.478 e. The van der Waals surface area contributed by atoms with Crippen LogP contribution < -0.4 is 4.74 Å². The molecular formula is C32H23F3N4O4. The number of carbonyl (C=O) groups is 1. The first-order valence-electron chi connectivity index (χ1n) is 13.4. The van der Waals surface area contributed by atoms with Crippen molar-refractivity contribution in [3.8, 4) is 23.2 Å². The minimum Gasteiger partial charge on any atom is -0.478 e. The Balaban J connectivity index is 1.26. The molecule has 0 saturated carbocycles. The summed E-state index contributed by atoms with van der Waals surface area (Å²) in [5.74, 6) is -2.29. The number of ether oxygens (including phenoxy) is 2. The Kier molecular flexibility index (Phi) is 7.52. The van der Waals surface area contributed by atoms with E-state index in [9.17, 15) is 14.3 Å². The van der Waals surface area contributed by atoms with E-state index < -0.39 is 23.4 Å². The number of carboxylic acid groups (broad SMARTS) is 1. The SMILES string of the molecule is N#Cc1ccc(COc2cccc(-c3cc(F)c(Cc4nc5ccc(C(=O)O)cc5n4CC4COC4)cc3F)n2)c(F)c1. The molecule has 43 heavy (non-hydrogen) atoms. The molecule has 0 atom stereocenters. The van der Waals surface area contributed by atoms with Gasteiger partial charge in [0.05, 0.1) is 47.1 Å². The molecule has 1 N–H and O–H groups in total. The number of nitrogens with zero attached hydrogens (tertiary/aromatic N) is 4. The van der Waals surface area contributed by atoms with Crippen LogP contribution in [0.25, 0.3) is 22.3 Å². The van der Waals surface area contributed by atoms with Crippen molar-refractivity contribution in [2.45, 2.75) is 19.6 Å². The number of fused-ring (bicyclic) bond motifs is 1. The third-order valence-corrected chi connectivity index (χ3v) is 7.26. The van der Waals surface area contributed by atoms with Crippen LogP contribution in [-0.2, 0) is 24.3 Å². The molecule has 0 spiro atoms. The fraction of sp³-hybridized carbons (Fsp3) is 0.188. The topological polar surface area (TPSA) is 110 Å². The van der Waals surface area contributed by atoms with Gasteiger partial charge in [-0.25, -0.2) is 27.9 Å². The van der Waals surface area contributed by atoms with Gasteiger partial charge in [-0.15, -0.1) is 0 Å². The zero-order valence-corrected chi connectivity index (χ0v) is 22.6. The molecule has 2 aromatic heterocycles. The van der Waals surface area contributed by atoms with Crippen LogP contribution in [0.15, 0.2) is 66.7 Å². The molecule has 11 heteroatoms. The van der Waals surface area contributed by atoms with Crippen molar-refractivity contribution in [2.24, 2.45) is 5.92 Å². The molecule has 8 nitrogen and oxygen atoms in total. The maximum absolute atomic E-state index is 15.4. The van der Waals surface area contributed by atoms with Crippen LogP contribution in [0.4, 0.5) is 13.2 Å². The molecule has 6 rings (SSSR count). The molecule has 1 saturated heterocycles. The summed E-state index contributed by atoms with van der Waals surface area (Å²) in [7, 11) is 0. The highest BCUT2D eigenvalue weighted by Crippen LogP contribution is 2.29. The van der Waals surface area contributed by atoms with E-state index in [0.717, 1.165) is 18.2 Å². The highest BCUT2D eigenvalue weighted by atomic mass is 19.1. The van der Waals surface area contributed by atoms with Crippen LogP contribution in [0.3, 0.4) is 0 Å². The first-order chi connectivity index (χ1) is 20.8. The predicted octanol–water partition coefficient (Wildman–Crippen LogP) is 5.90. The summed E-state index contributed by atoms with van der Waals surface area (Å²) in [6.07, 6.45) is -0.0274. The van der Waals surface area contributed by atoms with Gasteiger partial charge in [-0.3, -0.25) is 0 Å². The van der Waals surface area contributed by atoms with Crippen LogP contribution in [0.1, 0.15) is 32.9 Å². The molecule has 0 bridgehead atoms. The summed E-state index contributed by atoms with van der Waals surface area (Å²) < 4.78 is 57.8. The van der Waals surface area contributed by atoms with Gasteiger partial charge in [-0.2, -0.15) is 5.26 Å². The first-order valence-corrected chi connectivity index (χ1v) is 13.4. The molecule has 0 amide bonds. The van der Waals surface area contributed by atoms with Crippen molar-refractivity contribution in [3.63, 3.8) is 0 Å². The van der Waals surface area contributed by atoms with Crippen LogP contribution in [-0.4, -0.2) is 38.8 Å². The molecule has 0 unspecified atom stereocenters. The van der Waals surface area contributed by atoms with Crippen LogP contribution in [0.5, 0.6) is 5.88 Å². The number of pyridine rings is 1. The molecule has 5 aromatic rings. The number of imidazole rings is 1. The summed E-state index contributed by atoms with van der Waals surface area (Å²) in [4.78, 5) is 20.4. The molecular weight excluding hydrogens is 561 g/mol. The lowest BCUT2D eigenvalue weighted by molar-refractivity contribution is -0.0392. The van der Waals surface area contributed by atoms with E-state index in [1.165, 1.54) is 36.4 Å². The second kappa shape index (κ2) is 11.6. The lowest BCUT2D eigenvalue weighted by atomic mass is 10.0. The molecule has 1 aliphatic heterocycles. The fourth-order valence-electron chi connectivity index (χ4n) is 4.91. The molecule has 216 valence electrons. The van der Waals surface area contributed by atoms with Crippen molar-refractivity contribution < 1.29 is 32.5 Å². The minimum absolute atomic E-state index is 0.0274. The Hall–Kier alpha value is -5.21. The molecule has 0 radical (unpaired) electrons. The van der Waals surface area contributed by atoms with Crippen LogP contribution in [0.2, 0.25) is 0 Å². The molecule has 3 heterocycles. The van der Waals surface area contributed by atoms with Crippen LogP contribution >= 0.6 is 0 Å². The smallest absolute Gasteiger partial charge is 0.335 e. The van der Waals surface area contributed by atoms with Gasteiger partial charge >= 0.3 is 5.97 Å². The van der Waals surface area contributed by atoms with Gasteiger partial charge < -0.3 is 19.1 Å². The Morgan fingerprint density at radius 2 is 1.81 bits per heavy atom. The van der Waals surface area contributed by atoms with Crippen molar-refractivity contribution >= 4 is 17.0 Å². The zero-order chi connectivity index (χ0) is 30.1. The normalized spacial score (nSPS) is 13.1. The Labute approximate surface area is 243 Å². The van der Waals surface area contributed by atoms with E-state index in [2.05, 4.69) is 9.97 Å². The average molecular weight is 585 g/mol. The van der Waals surface area contributed by atoms with E-state index in [4.69, 9.17) is 14.7 Å². The monoisotopic (exact) mass is 584 g/mol. The number of aromatic nitrogens is 3. The number of halogens is 3. The van der Waals surface area contributed by atoms with Crippen LogP contribution in [0, 0.1) is 34.7 Å². The number of hydrogen-bond donors (Lipinski definition) is 1. The fourth-order valence-corrected chi connectivity index (χ4v) is 4.91. The lowest BCUT2D eigenvalue weighted by Crippen LogP contribution is -2.32. The highest BCUT2D eigenvalue weighted by molar-refractivity contribution is 5.92. The highest BCUT2D eigenvalue weighted by Gasteiger charge is 2.24. The third kappa shape index (κ3) is 5.78. The molecule has 0 aliphatic carbocycles. The molecule has 1 fully saturated rings. The first kappa shape index (κ1) is 27.9. The quantitative estimate of drug-likeness (QED) is 0.230. The number of hydrogen-bond acceptors (Lipinski definition) is 6. The average Bonchev–Trinajstić information content (AvgIpc) is 3.31. The second-order valence-electron chi connectivity index (χ2n) is 10.2. The maximum atomic E-state index is 15.4. The Morgan fingerprint density at radius 3 is 2.53 bits per heavy atom. The van der Waals surface area contributed by atoms with Gasteiger partial charge in [0.2, 0.25) is 5.88 Å². The van der Waals surface area contributed by atoms with Crippen molar-refractivity contribution in [1.82, 2.24) is 14.5 Å². The number of nitriles is 1. The number of rotatable bonds is 9. The van der Waals surface area contributed by atoms with E-state index in [-0.39, 0.29) is 58.3 Å². The molecule has 1 aliphatic rings. The zero-order valence-electron chi connectivity index (χ0n) is 22.6. The van der Waals surface area contributed by atoms with Gasteiger partial charge in [0.15, 0.2) is 0 Å². The van der Waals surface area contributed by atoms with Crippen molar-refractivity contribution in [2.75, 3.05) is 13.2 Å². The number of aromatic carboxylic acids is 1. The number of carboxylic acids is 1. The second-order valence-corrected chi connectivity index (χ2v) is 10.2. The summed E-state index contributed by atoms with van der Waals surface area (Å²) >= 11 is 0. The van der Waals surface area contributed by atoms with E-state index in [1.54, 1.807) is 12.1 Å². The van der Waals surface area contributed by atoms with Gasteiger partial charge in [-0.1, -0.05) is 12.1 Å². The summed E-state index contributed by atoms with van der Waals surface area (Å²) in [5.41, 5.74) is 1.77. The van der Waals surface area contributed by atoms with Gasteiger partial charge in [0.1, 0.15) is 29.9 Å². The lowest BCUT2D eigenvalue weighted by Gasteiger charge is -2.27. The van der Waals surface area contributed by atoms with Gasteiger partial charge in [0.25, 0.3) is 0 Å². The summed E-state index contributed by atoms with van der Waals surface area (Å²) in [6.45, 7) is 1.42. The summed E-state index contributed by atoms with van der Waals surface area (Å²) in [5, 5.41) is 18.4. The van der Waals surface area contributed by atoms with E-state index in [0.29, 0.717) is 36.6 Å².